The number of para-hydroxylation sites is 1. The highest BCUT2D eigenvalue weighted by Gasteiger charge is 2.18. The molecule has 1 N–H and O–H groups in total. The van der Waals surface area contributed by atoms with E-state index in [4.69, 9.17) is 0 Å². The van der Waals surface area contributed by atoms with Gasteiger partial charge in [0.15, 0.2) is 0 Å². The summed E-state index contributed by atoms with van der Waals surface area (Å²) in [6.07, 6.45) is 0. The molecule has 0 saturated carbocycles. The van der Waals surface area contributed by atoms with E-state index in [0.29, 0.717) is 16.9 Å². The van der Waals surface area contributed by atoms with Crippen LogP contribution in [0.1, 0.15) is 16.1 Å². The number of aryl methyl sites for hydroxylation is 1. The van der Waals surface area contributed by atoms with E-state index in [0.717, 1.165) is 16.3 Å². The SMILES string of the molecule is Cc1cc(F)ccc1NC(=O)c1cc(-c2cccs2)nn1-c1ccccc1. The quantitative estimate of drug-likeness (QED) is 0.524. The van der Waals surface area contributed by atoms with Gasteiger partial charge in [-0.25, -0.2) is 9.07 Å². The minimum absolute atomic E-state index is 0.302. The van der Waals surface area contributed by atoms with Crippen LogP contribution in [-0.4, -0.2) is 15.7 Å². The molecule has 2 aromatic carbocycles. The second kappa shape index (κ2) is 7.17. The van der Waals surface area contributed by atoms with E-state index >= 15 is 0 Å². The minimum atomic E-state index is -0.334. The monoisotopic (exact) mass is 377 g/mol. The lowest BCUT2D eigenvalue weighted by atomic mass is 10.2. The lowest BCUT2D eigenvalue weighted by Gasteiger charge is -2.10. The molecule has 0 bridgehead atoms. The lowest BCUT2D eigenvalue weighted by molar-refractivity contribution is 0.101. The van der Waals surface area contributed by atoms with Gasteiger partial charge >= 0.3 is 0 Å². The van der Waals surface area contributed by atoms with Gasteiger partial charge in [0, 0.05) is 5.69 Å². The molecule has 1 amide bonds. The maximum Gasteiger partial charge on any atom is 0.274 e. The molecule has 0 saturated heterocycles. The molecule has 4 rings (SSSR count). The fraction of sp³-hybridized carbons (Fsp3) is 0.0476. The third kappa shape index (κ3) is 3.52. The molecule has 134 valence electrons. The van der Waals surface area contributed by atoms with Gasteiger partial charge < -0.3 is 5.32 Å². The third-order valence-corrected chi connectivity index (χ3v) is 5.05. The first-order chi connectivity index (χ1) is 13.1. The number of aromatic nitrogens is 2. The van der Waals surface area contributed by atoms with E-state index < -0.39 is 0 Å². The molecular formula is C21H16FN3OS. The van der Waals surface area contributed by atoms with E-state index in [1.807, 2.05) is 47.8 Å². The van der Waals surface area contributed by atoms with E-state index in [2.05, 4.69) is 10.4 Å². The molecule has 0 aliphatic rings. The number of benzene rings is 2. The highest BCUT2D eigenvalue weighted by molar-refractivity contribution is 7.13. The summed E-state index contributed by atoms with van der Waals surface area (Å²) in [7, 11) is 0. The molecule has 0 unspecified atom stereocenters. The highest BCUT2D eigenvalue weighted by atomic mass is 32.1. The minimum Gasteiger partial charge on any atom is -0.320 e. The Morgan fingerprint density at radius 1 is 1.07 bits per heavy atom. The number of amides is 1. The molecule has 0 fully saturated rings. The van der Waals surface area contributed by atoms with Gasteiger partial charge in [-0.05, 0) is 60.3 Å². The first-order valence-electron chi connectivity index (χ1n) is 8.39. The van der Waals surface area contributed by atoms with Crippen LogP contribution in [0.15, 0.2) is 72.1 Å². The smallest absolute Gasteiger partial charge is 0.274 e. The predicted molar refractivity (Wildman–Crippen MR) is 106 cm³/mol. The molecule has 4 nitrogen and oxygen atoms in total. The van der Waals surface area contributed by atoms with Gasteiger partial charge in [0.2, 0.25) is 0 Å². The molecule has 0 spiro atoms. The summed E-state index contributed by atoms with van der Waals surface area (Å²) < 4.78 is 15.0. The van der Waals surface area contributed by atoms with E-state index in [-0.39, 0.29) is 11.7 Å². The zero-order chi connectivity index (χ0) is 18.8. The maximum absolute atomic E-state index is 13.3. The number of nitrogens with one attached hydrogen (secondary N) is 1. The number of carbonyl (C=O) groups excluding carboxylic acids is 1. The van der Waals surface area contributed by atoms with Crippen LogP contribution in [0.5, 0.6) is 0 Å². The second-order valence-electron chi connectivity index (χ2n) is 6.05. The Morgan fingerprint density at radius 3 is 2.59 bits per heavy atom. The Labute approximate surface area is 159 Å². The number of thiophene rings is 1. The zero-order valence-corrected chi connectivity index (χ0v) is 15.3. The van der Waals surface area contributed by atoms with Crippen molar-refractivity contribution in [1.82, 2.24) is 9.78 Å². The van der Waals surface area contributed by atoms with Crippen molar-refractivity contribution in [3.63, 3.8) is 0 Å². The van der Waals surface area contributed by atoms with Crippen LogP contribution < -0.4 is 5.32 Å². The Hall–Kier alpha value is -3.25. The number of nitrogens with zero attached hydrogens (tertiary/aromatic N) is 2. The summed E-state index contributed by atoms with van der Waals surface area (Å²) in [6.45, 7) is 1.75. The Kier molecular flexibility index (Phi) is 4.56. The fourth-order valence-electron chi connectivity index (χ4n) is 2.81. The van der Waals surface area contributed by atoms with Gasteiger partial charge in [0.1, 0.15) is 17.2 Å². The molecule has 4 aromatic rings. The first-order valence-corrected chi connectivity index (χ1v) is 9.26. The largest absolute Gasteiger partial charge is 0.320 e. The number of carbonyl (C=O) groups is 1. The van der Waals surface area contributed by atoms with E-state index in [1.165, 1.54) is 12.1 Å². The van der Waals surface area contributed by atoms with E-state index in [9.17, 15) is 9.18 Å². The topological polar surface area (TPSA) is 46.9 Å². The maximum atomic E-state index is 13.3. The summed E-state index contributed by atoms with van der Waals surface area (Å²) in [4.78, 5) is 13.9. The van der Waals surface area contributed by atoms with Gasteiger partial charge in [-0.3, -0.25) is 4.79 Å². The van der Waals surface area contributed by atoms with Crippen molar-refractivity contribution in [3.8, 4) is 16.3 Å². The average molecular weight is 377 g/mol. The van der Waals surface area contributed by atoms with Crippen molar-refractivity contribution >= 4 is 22.9 Å². The highest BCUT2D eigenvalue weighted by Crippen LogP contribution is 2.26. The summed E-state index contributed by atoms with van der Waals surface area (Å²) in [5.41, 5.74) is 3.16. The van der Waals surface area contributed by atoms with Crippen molar-refractivity contribution in [1.29, 1.82) is 0 Å². The summed E-state index contributed by atoms with van der Waals surface area (Å²) in [5, 5.41) is 9.46. The molecule has 2 aromatic heterocycles. The standard InChI is InChI=1S/C21H16FN3OS/c1-14-12-15(22)9-10-17(14)23-21(26)19-13-18(20-8-5-11-27-20)24-25(19)16-6-3-2-4-7-16/h2-13H,1H3,(H,23,26). The summed E-state index contributed by atoms with van der Waals surface area (Å²) in [5.74, 6) is -0.635. The molecule has 0 radical (unpaired) electrons. The summed E-state index contributed by atoms with van der Waals surface area (Å²) in [6, 6.07) is 19.5. The van der Waals surface area contributed by atoms with Crippen LogP contribution in [-0.2, 0) is 0 Å². The normalized spacial score (nSPS) is 10.7. The van der Waals surface area contributed by atoms with Crippen molar-refractivity contribution in [2.75, 3.05) is 5.32 Å². The number of hydrogen-bond acceptors (Lipinski definition) is 3. The Balaban J connectivity index is 1.75. The number of anilines is 1. The molecule has 27 heavy (non-hydrogen) atoms. The second-order valence-corrected chi connectivity index (χ2v) is 7.00. The fourth-order valence-corrected chi connectivity index (χ4v) is 3.49. The van der Waals surface area contributed by atoms with Crippen molar-refractivity contribution in [2.24, 2.45) is 0 Å². The van der Waals surface area contributed by atoms with Crippen LogP contribution in [0.4, 0.5) is 10.1 Å². The van der Waals surface area contributed by atoms with Crippen molar-refractivity contribution in [2.45, 2.75) is 6.92 Å². The van der Waals surface area contributed by atoms with Gasteiger partial charge in [-0.15, -0.1) is 11.3 Å². The first kappa shape index (κ1) is 17.2. The molecule has 2 heterocycles. The molecular weight excluding hydrogens is 361 g/mol. The van der Waals surface area contributed by atoms with Crippen LogP contribution in [0.2, 0.25) is 0 Å². The Bertz CT molecular complexity index is 1090. The van der Waals surface area contributed by atoms with Gasteiger partial charge in [-0.1, -0.05) is 24.3 Å². The third-order valence-electron chi connectivity index (χ3n) is 4.15. The van der Waals surface area contributed by atoms with Gasteiger partial charge in [0.05, 0.1) is 10.6 Å². The van der Waals surface area contributed by atoms with Gasteiger partial charge in [0.25, 0.3) is 5.91 Å². The lowest BCUT2D eigenvalue weighted by Crippen LogP contribution is -2.17. The van der Waals surface area contributed by atoms with Crippen molar-refractivity contribution < 1.29 is 9.18 Å². The predicted octanol–water partition coefficient (Wildman–Crippen LogP) is 5.30. The van der Waals surface area contributed by atoms with Crippen LogP contribution in [0, 0.1) is 12.7 Å². The average Bonchev–Trinajstić information content (AvgIpc) is 3.34. The van der Waals surface area contributed by atoms with Gasteiger partial charge in [-0.2, -0.15) is 5.10 Å². The molecule has 0 aliphatic heterocycles. The molecule has 0 atom stereocenters. The van der Waals surface area contributed by atoms with E-state index in [1.54, 1.807) is 35.1 Å². The zero-order valence-electron chi connectivity index (χ0n) is 14.5. The Morgan fingerprint density at radius 2 is 1.89 bits per heavy atom. The molecule has 6 heteroatoms. The van der Waals surface area contributed by atoms with Crippen LogP contribution in [0.3, 0.4) is 0 Å². The van der Waals surface area contributed by atoms with Crippen LogP contribution >= 0.6 is 11.3 Å². The number of rotatable bonds is 4. The van der Waals surface area contributed by atoms with Crippen molar-refractivity contribution in [3.05, 3.63) is 89.2 Å². The summed E-state index contributed by atoms with van der Waals surface area (Å²) >= 11 is 1.56. The molecule has 0 aliphatic carbocycles. The van der Waals surface area contributed by atoms with Crippen LogP contribution in [0.25, 0.3) is 16.3 Å². The number of halogens is 1. The number of hydrogen-bond donors (Lipinski definition) is 1.